The molecule has 0 aliphatic carbocycles. The Morgan fingerprint density at radius 2 is 1.92 bits per heavy atom. The number of alkyl halides is 3. The van der Waals surface area contributed by atoms with Gasteiger partial charge in [0.2, 0.25) is 5.43 Å². The van der Waals surface area contributed by atoms with Crippen molar-refractivity contribution in [1.29, 1.82) is 0 Å². The van der Waals surface area contributed by atoms with Crippen molar-refractivity contribution in [2.24, 2.45) is 0 Å². The molecule has 0 fully saturated rings. The van der Waals surface area contributed by atoms with Crippen LogP contribution in [0.1, 0.15) is 33.5 Å². The van der Waals surface area contributed by atoms with Crippen LogP contribution in [0.5, 0.6) is 5.75 Å². The van der Waals surface area contributed by atoms with Crippen molar-refractivity contribution in [3.8, 4) is 5.75 Å². The van der Waals surface area contributed by atoms with Gasteiger partial charge in [-0.15, -0.1) is 0 Å². The van der Waals surface area contributed by atoms with Gasteiger partial charge in [0.05, 0.1) is 12.1 Å². The normalized spacial score (nSPS) is 17.2. The van der Waals surface area contributed by atoms with Crippen molar-refractivity contribution in [2.45, 2.75) is 18.9 Å². The molecule has 9 heteroatoms. The van der Waals surface area contributed by atoms with Gasteiger partial charge in [0.1, 0.15) is 12.0 Å². The number of aliphatic hydroxyl groups excluding tert-OH is 1. The number of amides is 1. The molecule has 2 aromatic rings. The van der Waals surface area contributed by atoms with Crippen molar-refractivity contribution in [3.63, 3.8) is 0 Å². The van der Waals surface area contributed by atoms with Crippen LogP contribution >= 0.6 is 0 Å². The first kappa shape index (κ1) is 16.1. The molecule has 2 heterocycles. The molecular weight excluding hydrogens is 331 g/mol. The molecule has 1 aromatic heterocycles. The van der Waals surface area contributed by atoms with Crippen LogP contribution in [0, 0.1) is 0 Å². The van der Waals surface area contributed by atoms with E-state index in [1.54, 1.807) is 0 Å². The topological polar surface area (TPSA) is 91.0 Å². The monoisotopic (exact) mass is 341 g/mol. The molecule has 0 saturated carbocycles. The second-order valence-electron chi connectivity index (χ2n) is 5.20. The summed E-state index contributed by atoms with van der Waals surface area (Å²) >= 11 is 0. The number of halogens is 3. The quantitative estimate of drug-likeness (QED) is 0.872. The van der Waals surface area contributed by atoms with Crippen LogP contribution < -0.4 is 5.43 Å². The third kappa shape index (κ3) is 2.62. The number of aromatic hydroxyl groups is 1. The highest BCUT2D eigenvalue weighted by Gasteiger charge is 2.39. The third-order valence-electron chi connectivity index (χ3n) is 3.64. The minimum absolute atomic E-state index is 0.0333. The van der Waals surface area contributed by atoms with Crippen LogP contribution in [-0.2, 0) is 12.7 Å². The molecule has 6 nitrogen and oxygen atoms in total. The molecule has 0 radical (unpaired) electrons. The van der Waals surface area contributed by atoms with Gasteiger partial charge >= 0.3 is 6.18 Å². The minimum atomic E-state index is -4.60. The van der Waals surface area contributed by atoms with Crippen molar-refractivity contribution < 1.29 is 32.6 Å². The summed E-state index contributed by atoms with van der Waals surface area (Å²) in [7, 11) is 0. The van der Waals surface area contributed by atoms with E-state index in [0.717, 1.165) is 29.4 Å². The van der Waals surface area contributed by atoms with E-state index in [0.29, 0.717) is 6.07 Å². The molecule has 2 N–H and O–H groups in total. The fourth-order valence-electron chi connectivity index (χ4n) is 2.43. The molecule has 1 aliphatic rings. The number of carbonyl (C=O) groups is 1. The number of carbonyl (C=O) groups excluding carboxylic acids is 1. The van der Waals surface area contributed by atoms with Crippen molar-refractivity contribution in [1.82, 2.24) is 4.90 Å². The molecular formula is C15H10F3NO5. The molecule has 1 amide bonds. The fraction of sp³-hybridized carbons (Fsp3) is 0.200. The SMILES string of the molecule is O=C1c2ccc(C(F)(F)F)cc2C(O)N1Cc1cc(=O)c(O)co1. The summed E-state index contributed by atoms with van der Waals surface area (Å²) in [5, 5.41) is 19.3. The maximum atomic E-state index is 12.8. The van der Waals surface area contributed by atoms with Crippen LogP contribution in [0.25, 0.3) is 0 Å². The van der Waals surface area contributed by atoms with Gasteiger partial charge in [0.15, 0.2) is 12.0 Å². The Bertz CT molecular complexity index is 874. The number of hydrogen-bond acceptors (Lipinski definition) is 5. The Labute approximate surface area is 132 Å². The van der Waals surface area contributed by atoms with E-state index in [9.17, 15) is 27.9 Å². The fourth-order valence-corrected chi connectivity index (χ4v) is 2.43. The lowest BCUT2D eigenvalue weighted by molar-refractivity contribution is -0.137. The number of benzene rings is 1. The Morgan fingerprint density at radius 3 is 2.54 bits per heavy atom. The molecule has 1 atom stereocenters. The van der Waals surface area contributed by atoms with E-state index in [1.165, 1.54) is 0 Å². The van der Waals surface area contributed by atoms with Crippen molar-refractivity contribution >= 4 is 5.91 Å². The highest BCUT2D eigenvalue weighted by Crippen LogP contribution is 2.37. The number of hydrogen-bond donors (Lipinski definition) is 2. The van der Waals surface area contributed by atoms with Crippen LogP contribution in [0.4, 0.5) is 13.2 Å². The highest BCUT2D eigenvalue weighted by atomic mass is 19.4. The Morgan fingerprint density at radius 1 is 1.21 bits per heavy atom. The van der Waals surface area contributed by atoms with Crippen molar-refractivity contribution in [2.75, 3.05) is 0 Å². The lowest BCUT2D eigenvalue weighted by Crippen LogP contribution is -2.27. The molecule has 1 aromatic carbocycles. The first-order chi connectivity index (χ1) is 11.2. The number of rotatable bonds is 2. The van der Waals surface area contributed by atoms with Gasteiger partial charge in [-0.2, -0.15) is 13.2 Å². The number of nitrogens with zero attached hydrogens (tertiary/aromatic N) is 1. The van der Waals surface area contributed by atoms with Gasteiger partial charge < -0.3 is 19.5 Å². The van der Waals surface area contributed by atoms with E-state index in [4.69, 9.17) is 9.52 Å². The second-order valence-corrected chi connectivity index (χ2v) is 5.20. The standard InChI is InChI=1S/C15H10F3NO5/c16-15(17,18)7-1-2-9-10(3-7)14(23)19(13(9)22)5-8-4-11(20)12(21)6-24-8/h1-4,6,14,21,23H,5H2. The van der Waals surface area contributed by atoms with Gasteiger partial charge in [0, 0.05) is 17.2 Å². The number of aliphatic hydroxyl groups is 1. The van der Waals surface area contributed by atoms with Crippen LogP contribution in [-0.4, -0.2) is 21.0 Å². The predicted octanol–water partition coefficient (Wildman–Crippen LogP) is 2.01. The zero-order valence-corrected chi connectivity index (χ0v) is 11.9. The molecule has 3 rings (SSSR count). The molecule has 0 saturated heterocycles. The average molecular weight is 341 g/mol. The van der Waals surface area contributed by atoms with Gasteiger partial charge in [0.25, 0.3) is 5.91 Å². The van der Waals surface area contributed by atoms with Crippen LogP contribution in [0.3, 0.4) is 0 Å². The summed E-state index contributed by atoms with van der Waals surface area (Å²) in [4.78, 5) is 24.5. The summed E-state index contributed by atoms with van der Waals surface area (Å²) < 4.78 is 43.2. The zero-order valence-electron chi connectivity index (χ0n) is 11.9. The van der Waals surface area contributed by atoms with E-state index in [2.05, 4.69) is 0 Å². The Hall–Kier alpha value is -2.81. The first-order valence-corrected chi connectivity index (χ1v) is 6.69. The van der Waals surface area contributed by atoms with E-state index in [1.807, 2.05) is 0 Å². The predicted molar refractivity (Wildman–Crippen MR) is 72.9 cm³/mol. The summed E-state index contributed by atoms with van der Waals surface area (Å²) in [6.07, 6.45) is -5.43. The minimum Gasteiger partial charge on any atom is -0.502 e. The third-order valence-corrected chi connectivity index (χ3v) is 3.64. The molecule has 126 valence electrons. The maximum Gasteiger partial charge on any atom is 0.416 e. The second kappa shape index (κ2) is 5.38. The van der Waals surface area contributed by atoms with Gasteiger partial charge in [-0.25, -0.2) is 0 Å². The molecule has 0 spiro atoms. The smallest absolute Gasteiger partial charge is 0.416 e. The summed E-state index contributed by atoms with van der Waals surface area (Å²) in [6.45, 7) is -0.342. The molecule has 1 unspecified atom stereocenters. The van der Waals surface area contributed by atoms with Gasteiger partial charge in [-0.1, -0.05) is 0 Å². The summed E-state index contributed by atoms with van der Waals surface area (Å²) in [5.74, 6) is -1.35. The Balaban J connectivity index is 1.93. The van der Waals surface area contributed by atoms with Crippen molar-refractivity contribution in [3.05, 3.63) is 63.2 Å². The van der Waals surface area contributed by atoms with E-state index < -0.39 is 35.1 Å². The van der Waals surface area contributed by atoms with Crippen LogP contribution in [0.15, 0.2) is 39.7 Å². The molecule has 24 heavy (non-hydrogen) atoms. The summed E-state index contributed by atoms with van der Waals surface area (Å²) in [5.41, 5.74) is -1.95. The van der Waals surface area contributed by atoms with Gasteiger partial charge in [-0.3, -0.25) is 9.59 Å². The Kier molecular flexibility index (Phi) is 3.60. The summed E-state index contributed by atoms with van der Waals surface area (Å²) in [6, 6.07) is 3.40. The average Bonchev–Trinajstić information content (AvgIpc) is 2.75. The van der Waals surface area contributed by atoms with Crippen LogP contribution in [0.2, 0.25) is 0 Å². The number of fused-ring (bicyclic) bond motifs is 1. The lowest BCUT2D eigenvalue weighted by Gasteiger charge is -2.20. The lowest BCUT2D eigenvalue weighted by atomic mass is 10.1. The molecule has 1 aliphatic heterocycles. The highest BCUT2D eigenvalue weighted by molar-refractivity contribution is 5.99. The largest absolute Gasteiger partial charge is 0.502 e. The van der Waals surface area contributed by atoms with Gasteiger partial charge in [-0.05, 0) is 18.2 Å². The van der Waals surface area contributed by atoms with E-state index >= 15 is 0 Å². The molecule has 0 bridgehead atoms. The van der Waals surface area contributed by atoms with E-state index in [-0.39, 0.29) is 23.4 Å². The zero-order chi connectivity index (χ0) is 17.6. The maximum absolute atomic E-state index is 12.8. The first-order valence-electron chi connectivity index (χ1n) is 6.69.